The second-order valence-corrected chi connectivity index (χ2v) is 5.93. The molecular formula is C19H16ClNO3. The molecule has 24 heavy (non-hydrogen) atoms. The van der Waals surface area contributed by atoms with E-state index in [4.69, 9.17) is 14.2 Å². The molecule has 1 aromatic heterocycles. The number of halogens is 1. The van der Waals surface area contributed by atoms with Crippen LogP contribution in [0.4, 0.5) is 0 Å². The number of nitrogens with zero attached hydrogens (tertiary/aromatic N) is 1. The first-order valence-corrected chi connectivity index (χ1v) is 7.76. The van der Waals surface area contributed by atoms with Crippen LogP contribution >= 0.6 is 0 Å². The van der Waals surface area contributed by atoms with Gasteiger partial charge in [-0.1, -0.05) is 6.07 Å². The average molecular weight is 342 g/mol. The molecule has 0 fully saturated rings. The Bertz CT molecular complexity index is 955. The van der Waals surface area contributed by atoms with Crippen molar-refractivity contribution >= 4 is 10.8 Å². The Balaban J connectivity index is 0.00000146. The molecule has 2 aliphatic rings. The molecule has 4 nitrogen and oxygen atoms in total. The number of fused-ring (bicyclic) bond motifs is 5. The maximum Gasteiger partial charge on any atom is 0.231 e. The molecule has 0 aliphatic carbocycles. The summed E-state index contributed by atoms with van der Waals surface area (Å²) in [4.78, 5) is 0. The number of benzene rings is 2. The Morgan fingerprint density at radius 2 is 1.92 bits per heavy atom. The fourth-order valence-corrected chi connectivity index (χ4v) is 3.55. The van der Waals surface area contributed by atoms with Crippen molar-refractivity contribution in [1.29, 1.82) is 0 Å². The van der Waals surface area contributed by atoms with E-state index in [-0.39, 0.29) is 12.4 Å². The molecule has 122 valence electrons. The number of rotatable bonds is 1. The van der Waals surface area contributed by atoms with Crippen LogP contribution in [0.1, 0.15) is 5.56 Å². The molecule has 0 spiro atoms. The van der Waals surface area contributed by atoms with Gasteiger partial charge in [-0.3, -0.25) is 0 Å². The molecular weight excluding hydrogens is 326 g/mol. The van der Waals surface area contributed by atoms with Crippen LogP contribution in [0.5, 0.6) is 17.2 Å². The molecule has 0 unspecified atom stereocenters. The van der Waals surface area contributed by atoms with Crippen molar-refractivity contribution in [2.75, 3.05) is 13.9 Å². The SMILES string of the molecule is COc1cccc2c[n+]3c(cc12)-c1cc2c(cc1CC3)OCO2.[Cl-]. The van der Waals surface area contributed by atoms with Gasteiger partial charge in [0.15, 0.2) is 24.2 Å². The number of methoxy groups -OCH3 is 1. The molecule has 3 aromatic rings. The highest BCUT2D eigenvalue weighted by Crippen LogP contribution is 2.40. The van der Waals surface area contributed by atoms with Gasteiger partial charge in [0.2, 0.25) is 12.5 Å². The minimum atomic E-state index is 0. The first-order valence-electron chi connectivity index (χ1n) is 7.76. The minimum absolute atomic E-state index is 0. The van der Waals surface area contributed by atoms with Crippen LogP contribution in [0.15, 0.2) is 42.6 Å². The summed E-state index contributed by atoms with van der Waals surface area (Å²) in [5.74, 6) is 2.59. The van der Waals surface area contributed by atoms with Gasteiger partial charge in [0.05, 0.1) is 12.7 Å². The van der Waals surface area contributed by atoms with E-state index in [0.29, 0.717) is 6.79 Å². The van der Waals surface area contributed by atoms with E-state index < -0.39 is 0 Å². The zero-order valence-electron chi connectivity index (χ0n) is 13.2. The normalized spacial score (nSPS) is 13.9. The van der Waals surface area contributed by atoms with Crippen molar-refractivity contribution in [3.8, 4) is 28.5 Å². The summed E-state index contributed by atoms with van der Waals surface area (Å²) in [6.45, 7) is 1.28. The van der Waals surface area contributed by atoms with Gasteiger partial charge in [-0.05, 0) is 29.8 Å². The number of ether oxygens (including phenoxy) is 3. The van der Waals surface area contributed by atoms with Crippen LogP contribution in [0.3, 0.4) is 0 Å². The Hall–Kier alpha value is -2.46. The number of hydrogen-bond acceptors (Lipinski definition) is 3. The van der Waals surface area contributed by atoms with Crippen LogP contribution < -0.4 is 31.2 Å². The number of aryl methyl sites for hydroxylation is 2. The maximum atomic E-state index is 5.56. The lowest BCUT2D eigenvalue weighted by atomic mass is 9.95. The predicted octanol–water partition coefficient (Wildman–Crippen LogP) is 0.0917. The third-order valence-electron chi connectivity index (χ3n) is 4.70. The molecule has 0 N–H and O–H groups in total. The lowest BCUT2D eigenvalue weighted by molar-refractivity contribution is -0.686. The Morgan fingerprint density at radius 3 is 2.75 bits per heavy atom. The van der Waals surface area contributed by atoms with E-state index in [1.54, 1.807) is 7.11 Å². The Kier molecular flexibility index (Phi) is 3.50. The maximum absolute atomic E-state index is 5.56. The third kappa shape index (κ3) is 2.10. The van der Waals surface area contributed by atoms with Crippen molar-refractivity contribution in [3.05, 3.63) is 48.2 Å². The molecule has 2 aromatic carbocycles. The molecule has 0 saturated heterocycles. The van der Waals surface area contributed by atoms with Crippen molar-refractivity contribution in [3.63, 3.8) is 0 Å². The second-order valence-electron chi connectivity index (χ2n) is 5.93. The topological polar surface area (TPSA) is 31.6 Å². The molecule has 0 bridgehead atoms. The predicted molar refractivity (Wildman–Crippen MR) is 86.0 cm³/mol. The van der Waals surface area contributed by atoms with Gasteiger partial charge >= 0.3 is 0 Å². The summed E-state index contributed by atoms with van der Waals surface area (Å²) < 4.78 is 18.9. The van der Waals surface area contributed by atoms with Crippen LogP contribution in [0.25, 0.3) is 22.0 Å². The fourth-order valence-electron chi connectivity index (χ4n) is 3.55. The fraction of sp³-hybridized carbons (Fsp3) is 0.211. The highest BCUT2D eigenvalue weighted by atomic mass is 35.5. The molecule has 0 radical (unpaired) electrons. The van der Waals surface area contributed by atoms with E-state index in [9.17, 15) is 0 Å². The summed E-state index contributed by atoms with van der Waals surface area (Å²) >= 11 is 0. The zero-order chi connectivity index (χ0) is 15.4. The standard InChI is InChI=1S/C19H16NO3.ClH/c1-21-17-4-2-3-13-10-20-6-5-12-7-18-19(23-11-22-18)9-14(12)16(20)8-15(13)17;/h2-4,7-10H,5-6,11H2,1H3;1H/q+1;/p-1. The summed E-state index contributed by atoms with van der Waals surface area (Å²) in [6, 6.07) is 12.6. The quantitative estimate of drug-likeness (QED) is 0.588. The Labute approximate surface area is 146 Å². The highest BCUT2D eigenvalue weighted by molar-refractivity contribution is 5.90. The second kappa shape index (κ2) is 5.56. The van der Waals surface area contributed by atoms with Crippen molar-refractivity contribution in [2.45, 2.75) is 13.0 Å². The monoisotopic (exact) mass is 341 g/mol. The van der Waals surface area contributed by atoms with Crippen LogP contribution in [-0.4, -0.2) is 13.9 Å². The number of pyridine rings is 1. The summed E-state index contributed by atoms with van der Waals surface area (Å²) in [6.07, 6.45) is 3.21. The van der Waals surface area contributed by atoms with Gasteiger partial charge in [-0.2, -0.15) is 4.57 Å². The van der Waals surface area contributed by atoms with E-state index >= 15 is 0 Å². The molecule has 5 rings (SSSR count). The molecule has 0 saturated carbocycles. The van der Waals surface area contributed by atoms with E-state index in [1.165, 1.54) is 22.2 Å². The zero-order valence-corrected chi connectivity index (χ0v) is 14.0. The van der Waals surface area contributed by atoms with Gasteiger partial charge < -0.3 is 26.6 Å². The third-order valence-corrected chi connectivity index (χ3v) is 4.70. The minimum Gasteiger partial charge on any atom is -1.00 e. The van der Waals surface area contributed by atoms with Crippen LogP contribution in [0.2, 0.25) is 0 Å². The largest absolute Gasteiger partial charge is 1.00 e. The van der Waals surface area contributed by atoms with Crippen molar-refractivity contribution in [1.82, 2.24) is 0 Å². The number of hydrogen-bond donors (Lipinski definition) is 0. The van der Waals surface area contributed by atoms with Gasteiger partial charge in [0, 0.05) is 23.3 Å². The van der Waals surface area contributed by atoms with Crippen molar-refractivity contribution < 1.29 is 31.2 Å². The van der Waals surface area contributed by atoms with Crippen LogP contribution in [-0.2, 0) is 13.0 Å². The number of aromatic nitrogens is 1. The van der Waals surface area contributed by atoms with E-state index in [0.717, 1.165) is 35.6 Å². The van der Waals surface area contributed by atoms with Crippen molar-refractivity contribution in [2.24, 2.45) is 0 Å². The van der Waals surface area contributed by atoms with E-state index in [1.807, 2.05) is 12.1 Å². The Morgan fingerprint density at radius 1 is 1.08 bits per heavy atom. The molecule has 3 heterocycles. The van der Waals surface area contributed by atoms with Crippen LogP contribution in [0, 0.1) is 0 Å². The summed E-state index contributed by atoms with van der Waals surface area (Å²) in [5, 5.41) is 2.32. The average Bonchev–Trinajstić information content (AvgIpc) is 3.05. The van der Waals surface area contributed by atoms with Gasteiger partial charge in [-0.15, -0.1) is 0 Å². The lowest BCUT2D eigenvalue weighted by Crippen LogP contribution is -3.00. The van der Waals surface area contributed by atoms with E-state index in [2.05, 4.69) is 35.0 Å². The first-order chi connectivity index (χ1) is 11.3. The smallest absolute Gasteiger partial charge is 0.231 e. The van der Waals surface area contributed by atoms with Gasteiger partial charge in [-0.25, -0.2) is 0 Å². The lowest BCUT2D eigenvalue weighted by Gasteiger charge is -2.16. The first kappa shape index (κ1) is 15.1. The molecule has 0 atom stereocenters. The molecule has 5 heteroatoms. The van der Waals surface area contributed by atoms with Gasteiger partial charge in [0.1, 0.15) is 5.75 Å². The molecule has 0 amide bonds. The summed E-state index contributed by atoms with van der Waals surface area (Å²) in [5.41, 5.74) is 3.72. The molecule has 2 aliphatic heterocycles. The summed E-state index contributed by atoms with van der Waals surface area (Å²) in [7, 11) is 1.72. The van der Waals surface area contributed by atoms with Gasteiger partial charge in [0.25, 0.3) is 0 Å². The highest BCUT2D eigenvalue weighted by Gasteiger charge is 2.27.